The summed E-state index contributed by atoms with van der Waals surface area (Å²) >= 11 is 0. The van der Waals surface area contributed by atoms with Gasteiger partial charge in [0.25, 0.3) is 5.56 Å². The van der Waals surface area contributed by atoms with Gasteiger partial charge in [-0.15, -0.1) is 0 Å². The van der Waals surface area contributed by atoms with Gasteiger partial charge < -0.3 is 19.7 Å². The molecule has 0 saturated carbocycles. The predicted octanol–water partition coefficient (Wildman–Crippen LogP) is 0.375. The Morgan fingerprint density at radius 3 is 2.55 bits per heavy atom. The number of hydrogen-bond acceptors (Lipinski definition) is 9. The predicted molar refractivity (Wildman–Crippen MR) is 109 cm³/mol. The van der Waals surface area contributed by atoms with Crippen LogP contribution in [0.15, 0.2) is 45.8 Å². The number of carbonyl (C=O) groups is 1. The fraction of sp³-hybridized carbons (Fsp3) is 0.250. The molecule has 2 atom stereocenters. The number of carbonyl (C=O) groups excluding carboxylic acids is 1. The van der Waals surface area contributed by atoms with Crippen LogP contribution in [-0.2, 0) is 21.3 Å². The second kappa shape index (κ2) is 8.79. The van der Waals surface area contributed by atoms with Gasteiger partial charge in [-0.3, -0.25) is 14.3 Å². The van der Waals surface area contributed by atoms with Crippen LogP contribution in [0.3, 0.4) is 0 Å². The first-order valence-electron chi connectivity index (χ1n) is 9.11. The molecule has 0 spiro atoms. The number of aliphatic hydroxyl groups is 1. The fourth-order valence-electron chi connectivity index (χ4n) is 2.77. The number of esters is 1. The van der Waals surface area contributed by atoms with Crippen molar-refractivity contribution in [3.63, 3.8) is 0 Å². The zero-order valence-corrected chi connectivity index (χ0v) is 16.9. The van der Waals surface area contributed by atoms with Crippen molar-refractivity contribution in [2.45, 2.75) is 19.1 Å². The van der Waals surface area contributed by atoms with E-state index in [0.717, 1.165) is 4.57 Å². The first-order chi connectivity index (χ1) is 14.7. The fourth-order valence-corrected chi connectivity index (χ4v) is 2.77. The summed E-state index contributed by atoms with van der Waals surface area (Å²) in [5.74, 6) is -0.988. The SMILES string of the molecule is CO/C(=C\c1ccc(O)cc1)C(=O)O[C@@H](c1cnc2c(n1)c(=O)[nH]c(=O)n2C)[C@H](C)O. The summed E-state index contributed by atoms with van der Waals surface area (Å²) in [6, 6.07) is 6.02. The van der Waals surface area contributed by atoms with Crippen molar-refractivity contribution >= 4 is 23.2 Å². The maximum Gasteiger partial charge on any atom is 0.374 e. The van der Waals surface area contributed by atoms with Crippen LogP contribution in [0.4, 0.5) is 0 Å². The van der Waals surface area contributed by atoms with Crippen molar-refractivity contribution < 1.29 is 24.5 Å². The molecule has 2 aromatic heterocycles. The smallest absolute Gasteiger partial charge is 0.374 e. The average Bonchev–Trinajstić information content (AvgIpc) is 2.74. The number of aryl methyl sites for hydroxylation is 1. The second-order valence-corrected chi connectivity index (χ2v) is 6.66. The van der Waals surface area contributed by atoms with E-state index in [2.05, 4.69) is 15.0 Å². The van der Waals surface area contributed by atoms with Crippen molar-refractivity contribution in [3.05, 3.63) is 68.3 Å². The number of rotatable bonds is 6. The van der Waals surface area contributed by atoms with Crippen LogP contribution in [0, 0.1) is 0 Å². The monoisotopic (exact) mass is 428 g/mol. The Balaban J connectivity index is 1.95. The van der Waals surface area contributed by atoms with Crippen LogP contribution < -0.4 is 11.2 Å². The summed E-state index contributed by atoms with van der Waals surface area (Å²) in [4.78, 5) is 46.7. The molecule has 0 aliphatic rings. The summed E-state index contributed by atoms with van der Waals surface area (Å²) in [7, 11) is 2.70. The van der Waals surface area contributed by atoms with E-state index in [4.69, 9.17) is 9.47 Å². The first-order valence-corrected chi connectivity index (χ1v) is 9.11. The molecule has 0 radical (unpaired) electrons. The molecule has 162 valence electrons. The van der Waals surface area contributed by atoms with Crippen LogP contribution in [0.1, 0.15) is 24.3 Å². The highest BCUT2D eigenvalue weighted by Crippen LogP contribution is 2.23. The van der Waals surface area contributed by atoms with Gasteiger partial charge in [0.1, 0.15) is 11.4 Å². The zero-order chi connectivity index (χ0) is 22.7. The summed E-state index contributed by atoms with van der Waals surface area (Å²) in [6.45, 7) is 1.38. The standard InChI is InChI=1S/C20H20N4O7/c1-10(25)16(13-9-21-17-15(22-13)18(27)23-20(29)24(17)2)31-19(28)14(30-3)8-11-4-6-12(26)7-5-11/h4-10,16,25-26H,1-3H3,(H,23,27,29)/b14-8-/t10-,16+/m0/s1. The summed E-state index contributed by atoms with van der Waals surface area (Å²) in [6.07, 6.45) is 0.142. The lowest BCUT2D eigenvalue weighted by Crippen LogP contribution is -2.30. The second-order valence-electron chi connectivity index (χ2n) is 6.66. The van der Waals surface area contributed by atoms with Crippen molar-refractivity contribution in [2.75, 3.05) is 7.11 Å². The van der Waals surface area contributed by atoms with Gasteiger partial charge in [-0.05, 0) is 30.7 Å². The number of phenols is 1. The normalized spacial score (nSPS) is 13.6. The number of aliphatic hydroxyl groups excluding tert-OH is 1. The summed E-state index contributed by atoms with van der Waals surface area (Å²) in [5, 5.41) is 19.5. The molecule has 0 amide bonds. The van der Waals surface area contributed by atoms with Gasteiger partial charge in [0.2, 0.25) is 5.76 Å². The van der Waals surface area contributed by atoms with Gasteiger partial charge in [0.05, 0.1) is 19.4 Å². The number of methoxy groups -OCH3 is 1. The van der Waals surface area contributed by atoms with Crippen molar-refractivity contribution in [2.24, 2.45) is 7.05 Å². The highest BCUT2D eigenvalue weighted by atomic mass is 16.6. The third-order valence-electron chi connectivity index (χ3n) is 4.41. The number of phenolic OH excluding ortho intramolecular Hbond substituents is 1. The molecule has 0 bridgehead atoms. The van der Waals surface area contributed by atoms with Crippen LogP contribution >= 0.6 is 0 Å². The van der Waals surface area contributed by atoms with Crippen molar-refractivity contribution in [1.29, 1.82) is 0 Å². The van der Waals surface area contributed by atoms with Gasteiger partial charge in [0, 0.05) is 7.05 Å². The minimum absolute atomic E-state index is 0.0140. The van der Waals surface area contributed by atoms with E-state index in [-0.39, 0.29) is 28.4 Å². The number of nitrogens with zero attached hydrogens (tertiary/aromatic N) is 3. The van der Waals surface area contributed by atoms with Crippen LogP contribution in [0.25, 0.3) is 17.2 Å². The first kappa shape index (κ1) is 21.7. The number of aromatic nitrogens is 4. The van der Waals surface area contributed by atoms with Crippen LogP contribution in [0.2, 0.25) is 0 Å². The number of nitrogens with one attached hydrogen (secondary N) is 1. The zero-order valence-electron chi connectivity index (χ0n) is 16.9. The number of ether oxygens (including phenoxy) is 2. The van der Waals surface area contributed by atoms with E-state index < -0.39 is 29.4 Å². The third-order valence-corrected chi connectivity index (χ3v) is 4.41. The maximum absolute atomic E-state index is 12.6. The Morgan fingerprint density at radius 2 is 1.94 bits per heavy atom. The third kappa shape index (κ3) is 4.61. The molecule has 3 N–H and O–H groups in total. The molecule has 0 saturated heterocycles. The number of fused-ring (bicyclic) bond motifs is 1. The molecular weight excluding hydrogens is 408 g/mol. The molecule has 11 heteroatoms. The minimum Gasteiger partial charge on any atom is -0.508 e. The Kier molecular flexibility index (Phi) is 6.16. The van der Waals surface area contributed by atoms with Crippen LogP contribution in [-0.4, -0.2) is 48.9 Å². The molecule has 3 rings (SSSR count). The quantitative estimate of drug-likeness (QED) is 0.287. The van der Waals surface area contributed by atoms with E-state index >= 15 is 0 Å². The maximum atomic E-state index is 12.6. The Labute approximate surface area is 175 Å². The lowest BCUT2D eigenvalue weighted by molar-refractivity contribution is -0.154. The summed E-state index contributed by atoms with van der Waals surface area (Å²) in [5.41, 5.74) is -0.931. The van der Waals surface area contributed by atoms with Crippen LogP contribution in [0.5, 0.6) is 5.75 Å². The number of benzene rings is 1. The molecule has 1 aromatic carbocycles. The Bertz CT molecular complexity index is 1260. The van der Waals surface area contributed by atoms with E-state index in [1.807, 2.05) is 0 Å². The molecule has 3 aromatic rings. The number of hydrogen-bond donors (Lipinski definition) is 3. The Morgan fingerprint density at radius 1 is 1.26 bits per heavy atom. The number of aromatic amines is 1. The molecule has 0 fully saturated rings. The average molecular weight is 428 g/mol. The van der Waals surface area contributed by atoms with Gasteiger partial charge in [-0.1, -0.05) is 12.1 Å². The largest absolute Gasteiger partial charge is 0.508 e. The highest BCUT2D eigenvalue weighted by molar-refractivity contribution is 5.91. The van der Waals surface area contributed by atoms with E-state index in [1.165, 1.54) is 45.5 Å². The molecule has 31 heavy (non-hydrogen) atoms. The van der Waals surface area contributed by atoms with Crippen molar-refractivity contribution in [3.8, 4) is 5.75 Å². The van der Waals surface area contributed by atoms with E-state index in [1.54, 1.807) is 12.1 Å². The topological polar surface area (TPSA) is 157 Å². The van der Waals surface area contributed by atoms with Gasteiger partial charge in [-0.25, -0.2) is 19.6 Å². The molecule has 2 heterocycles. The molecule has 0 unspecified atom stereocenters. The molecule has 0 aliphatic carbocycles. The lowest BCUT2D eigenvalue weighted by Gasteiger charge is -2.20. The van der Waals surface area contributed by atoms with E-state index in [9.17, 15) is 24.6 Å². The van der Waals surface area contributed by atoms with Gasteiger partial charge in [0.15, 0.2) is 17.3 Å². The minimum atomic E-state index is -1.26. The van der Waals surface area contributed by atoms with Crippen molar-refractivity contribution in [1.82, 2.24) is 19.5 Å². The molecule has 0 aliphatic heterocycles. The summed E-state index contributed by atoms with van der Waals surface area (Å²) < 4.78 is 11.6. The van der Waals surface area contributed by atoms with Gasteiger partial charge in [-0.2, -0.15) is 0 Å². The molecule has 11 nitrogen and oxygen atoms in total. The van der Waals surface area contributed by atoms with E-state index in [0.29, 0.717) is 5.56 Å². The number of aromatic hydroxyl groups is 1. The number of H-pyrrole nitrogens is 1. The Hall–Kier alpha value is -3.99. The highest BCUT2D eigenvalue weighted by Gasteiger charge is 2.27. The van der Waals surface area contributed by atoms with Gasteiger partial charge >= 0.3 is 11.7 Å². The molecular formula is C20H20N4O7. The lowest BCUT2D eigenvalue weighted by atomic mass is 10.1.